The van der Waals surface area contributed by atoms with E-state index in [0.717, 1.165) is 85.0 Å². The molecule has 4 heterocycles. The zero-order valence-electron chi connectivity index (χ0n) is 20.2. The van der Waals surface area contributed by atoms with Crippen LogP contribution in [-0.2, 0) is 22.4 Å². The smallest absolute Gasteiger partial charge is 0.265 e. The van der Waals surface area contributed by atoms with Gasteiger partial charge in [0.05, 0.1) is 23.5 Å². The largest absolute Gasteiger partial charge is 0.291 e. The van der Waals surface area contributed by atoms with Gasteiger partial charge in [0.1, 0.15) is 0 Å². The van der Waals surface area contributed by atoms with Crippen LogP contribution in [0.2, 0.25) is 0 Å². The number of nitrogens with zero attached hydrogens (tertiary/aromatic N) is 6. The lowest BCUT2D eigenvalue weighted by atomic mass is 9.84. The van der Waals surface area contributed by atoms with Crippen LogP contribution < -0.4 is 0 Å². The first-order valence-electron chi connectivity index (χ1n) is 12.9. The third kappa shape index (κ3) is 4.47. The number of hydrogen-bond donors (Lipinski definition) is 0. The van der Waals surface area contributed by atoms with Crippen molar-refractivity contribution in [3.05, 3.63) is 70.1 Å². The maximum absolute atomic E-state index is 12.1. The molecule has 0 saturated heterocycles. The van der Waals surface area contributed by atoms with Crippen molar-refractivity contribution in [3.8, 4) is 11.4 Å². The van der Waals surface area contributed by atoms with Crippen LogP contribution in [0.5, 0.6) is 0 Å². The maximum Gasteiger partial charge on any atom is 0.291 e. The fourth-order valence-corrected chi connectivity index (χ4v) is 5.75. The van der Waals surface area contributed by atoms with Crippen molar-refractivity contribution in [1.29, 1.82) is 0 Å². The fraction of sp³-hybridized carbons (Fsp3) is 0.429. The molecule has 4 aliphatic rings. The molecule has 0 radical (unpaired) electrons. The molecule has 8 nitrogen and oxygen atoms in total. The molecular weight excluding hydrogens is 452 g/mol. The predicted molar refractivity (Wildman–Crippen MR) is 133 cm³/mol. The summed E-state index contributed by atoms with van der Waals surface area (Å²) in [4.78, 5) is 33.4. The average Bonchev–Trinajstić information content (AvgIpc) is 2.93. The Morgan fingerprint density at radius 1 is 0.611 bits per heavy atom. The van der Waals surface area contributed by atoms with E-state index in [-0.39, 0.29) is 23.9 Å². The lowest BCUT2D eigenvalue weighted by Gasteiger charge is -2.25. The minimum absolute atomic E-state index is 0.0601. The highest BCUT2D eigenvalue weighted by Gasteiger charge is 2.30. The lowest BCUT2D eigenvalue weighted by molar-refractivity contribution is -0.116. The molecule has 2 aliphatic carbocycles. The first-order valence-corrected chi connectivity index (χ1v) is 12.9. The topological polar surface area (TPSA) is 109 Å². The van der Waals surface area contributed by atoms with Crippen molar-refractivity contribution in [3.63, 3.8) is 0 Å². The summed E-state index contributed by atoms with van der Waals surface area (Å²) in [5, 5.41) is 16.4. The zero-order chi connectivity index (χ0) is 24.5. The van der Waals surface area contributed by atoms with E-state index in [1.54, 1.807) is 0 Å². The average molecular weight is 481 g/mol. The van der Waals surface area contributed by atoms with E-state index < -0.39 is 0 Å². The van der Waals surface area contributed by atoms with E-state index >= 15 is 0 Å². The molecule has 0 spiro atoms. The van der Waals surface area contributed by atoms with E-state index in [2.05, 4.69) is 42.6 Å². The number of rotatable bonds is 5. The second kappa shape index (κ2) is 9.76. The summed E-state index contributed by atoms with van der Waals surface area (Å²) in [5.41, 5.74) is 7.85. The Labute approximate surface area is 209 Å². The summed E-state index contributed by atoms with van der Waals surface area (Å²) in [5.74, 6) is -0.306. The maximum atomic E-state index is 12.1. The Balaban J connectivity index is 1.13. The van der Waals surface area contributed by atoms with Gasteiger partial charge >= 0.3 is 0 Å². The standard InChI is InChI=1S/C28H28N6O2/c35-27-21-7-3-1-5-19(21)25(31-33-27)13-17-9-11-23(29-15-17)24-12-10-18(16-30-24)14-26-20-6-2-4-8-22(20)28(36)34-32-26/h9-12,15-16,25-26H,1-8,13-14H2. The van der Waals surface area contributed by atoms with Crippen LogP contribution in [0.25, 0.3) is 11.4 Å². The molecule has 0 aromatic carbocycles. The molecule has 0 N–H and O–H groups in total. The van der Waals surface area contributed by atoms with Crippen molar-refractivity contribution in [1.82, 2.24) is 9.97 Å². The van der Waals surface area contributed by atoms with Crippen molar-refractivity contribution in [2.45, 2.75) is 76.3 Å². The van der Waals surface area contributed by atoms with Crippen molar-refractivity contribution >= 4 is 11.8 Å². The van der Waals surface area contributed by atoms with Gasteiger partial charge in [-0.3, -0.25) is 19.6 Å². The summed E-state index contributed by atoms with van der Waals surface area (Å²) in [6.45, 7) is 0. The number of azo groups is 2. The molecular formula is C28H28N6O2. The second-order valence-electron chi connectivity index (χ2n) is 10.0. The van der Waals surface area contributed by atoms with Crippen molar-refractivity contribution in [2.75, 3.05) is 0 Å². The van der Waals surface area contributed by atoms with Gasteiger partial charge in [-0.05, 0) is 85.8 Å². The van der Waals surface area contributed by atoms with Crippen LogP contribution in [0.1, 0.15) is 62.5 Å². The summed E-state index contributed by atoms with van der Waals surface area (Å²) in [7, 11) is 0. The first kappa shape index (κ1) is 22.8. The minimum Gasteiger partial charge on any atom is -0.265 e. The predicted octanol–water partition coefficient (Wildman–Crippen LogP) is 5.69. The van der Waals surface area contributed by atoms with Gasteiger partial charge in [-0.25, -0.2) is 0 Å². The Hall–Kier alpha value is -3.68. The van der Waals surface area contributed by atoms with Gasteiger partial charge in [0.25, 0.3) is 11.8 Å². The number of carbonyl (C=O) groups is 2. The summed E-state index contributed by atoms with van der Waals surface area (Å²) in [6.07, 6.45) is 13.0. The van der Waals surface area contributed by atoms with Gasteiger partial charge in [-0.1, -0.05) is 12.1 Å². The van der Waals surface area contributed by atoms with Crippen LogP contribution in [0.15, 0.2) is 79.4 Å². The number of hydrogen-bond acceptors (Lipinski definition) is 6. The first-order chi connectivity index (χ1) is 17.7. The molecule has 182 valence electrons. The fourth-order valence-electron chi connectivity index (χ4n) is 5.75. The zero-order valence-corrected chi connectivity index (χ0v) is 20.2. The third-order valence-corrected chi connectivity index (χ3v) is 7.69. The molecule has 2 amide bonds. The van der Waals surface area contributed by atoms with Gasteiger partial charge in [-0.2, -0.15) is 10.2 Å². The molecule has 2 aliphatic heterocycles. The Kier molecular flexibility index (Phi) is 6.17. The molecule has 0 bridgehead atoms. The molecule has 36 heavy (non-hydrogen) atoms. The van der Waals surface area contributed by atoms with Gasteiger partial charge < -0.3 is 0 Å². The Morgan fingerprint density at radius 2 is 1.06 bits per heavy atom. The Bertz CT molecular complexity index is 1220. The van der Waals surface area contributed by atoms with Gasteiger partial charge in [0.15, 0.2) is 0 Å². The molecule has 8 heteroatoms. The van der Waals surface area contributed by atoms with E-state index in [4.69, 9.17) is 0 Å². The van der Waals surface area contributed by atoms with Gasteiger partial charge in [0, 0.05) is 36.4 Å². The highest BCUT2D eigenvalue weighted by molar-refractivity contribution is 5.96. The SMILES string of the molecule is O=C1N=NC(Cc2ccc(-c3ccc(CC4N=NC(=O)C5=C4CCCC5)cn3)nc2)C2=C1CCCC2. The van der Waals surface area contributed by atoms with Gasteiger partial charge in [-0.15, -0.1) is 10.2 Å². The van der Waals surface area contributed by atoms with Gasteiger partial charge in [0.2, 0.25) is 0 Å². The molecule has 0 fully saturated rings. The summed E-state index contributed by atoms with van der Waals surface area (Å²) in [6, 6.07) is 7.97. The van der Waals surface area contributed by atoms with Crippen LogP contribution >= 0.6 is 0 Å². The van der Waals surface area contributed by atoms with E-state index in [0.29, 0.717) is 12.8 Å². The molecule has 2 atom stereocenters. The number of pyridine rings is 2. The summed E-state index contributed by atoms with van der Waals surface area (Å²) < 4.78 is 0. The highest BCUT2D eigenvalue weighted by atomic mass is 16.2. The molecule has 2 aromatic rings. The van der Waals surface area contributed by atoms with E-state index in [9.17, 15) is 9.59 Å². The van der Waals surface area contributed by atoms with E-state index in [1.165, 1.54) is 11.1 Å². The lowest BCUT2D eigenvalue weighted by Crippen LogP contribution is -2.23. The van der Waals surface area contributed by atoms with E-state index in [1.807, 2.05) is 24.5 Å². The Morgan fingerprint density at radius 3 is 1.47 bits per heavy atom. The monoisotopic (exact) mass is 480 g/mol. The van der Waals surface area contributed by atoms with Crippen LogP contribution in [0.3, 0.4) is 0 Å². The van der Waals surface area contributed by atoms with Crippen LogP contribution in [0.4, 0.5) is 0 Å². The van der Waals surface area contributed by atoms with Crippen LogP contribution in [-0.4, -0.2) is 33.9 Å². The van der Waals surface area contributed by atoms with Crippen LogP contribution in [0, 0.1) is 0 Å². The number of aromatic nitrogens is 2. The second-order valence-corrected chi connectivity index (χ2v) is 10.0. The quantitative estimate of drug-likeness (QED) is 0.547. The third-order valence-electron chi connectivity index (χ3n) is 7.69. The molecule has 2 aromatic heterocycles. The highest BCUT2D eigenvalue weighted by Crippen LogP contribution is 2.35. The molecule has 2 unspecified atom stereocenters. The minimum atomic E-state index is -0.153. The van der Waals surface area contributed by atoms with Crippen molar-refractivity contribution in [2.24, 2.45) is 20.5 Å². The molecule has 6 rings (SSSR count). The summed E-state index contributed by atoms with van der Waals surface area (Å²) >= 11 is 0. The molecule has 0 saturated carbocycles. The normalized spacial score (nSPS) is 23.7. The number of carbonyl (C=O) groups excluding carboxylic acids is 2. The van der Waals surface area contributed by atoms with Crippen molar-refractivity contribution < 1.29 is 9.59 Å². The number of amides is 2.